The maximum Gasteiger partial charge on any atom is 0.254 e. The highest BCUT2D eigenvalue weighted by atomic mass is 32.2. The minimum absolute atomic E-state index is 0.00332. The van der Waals surface area contributed by atoms with E-state index in [9.17, 15) is 22.8 Å². The Balaban J connectivity index is 1.92. The summed E-state index contributed by atoms with van der Waals surface area (Å²) in [6.45, 7) is 3.74. The fourth-order valence-electron chi connectivity index (χ4n) is 3.66. The summed E-state index contributed by atoms with van der Waals surface area (Å²) in [6, 6.07) is 12.0. The van der Waals surface area contributed by atoms with Gasteiger partial charge in [-0.25, -0.2) is 8.42 Å². The molecule has 9 nitrogen and oxygen atoms in total. The zero-order valence-corrected chi connectivity index (χ0v) is 20.5. The summed E-state index contributed by atoms with van der Waals surface area (Å²) in [5.74, 6) is 1.41. The van der Waals surface area contributed by atoms with Gasteiger partial charge in [0.25, 0.3) is 5.91 Å². The van der Waals surface area contributed by atoms with E-state index >= 15 is 0 Å². The van der Waals surface area contributed by atoms with Gasteiger partial charge in [0.05, 0.1) is 17.0 Å². The number of amides is 2. The molecule has 0 saturated heterocycles. The number of terminal acetylenes is 1. The van der Waals surface area contributed by atoms with E-state index in [-0.39, 0.29) is 35.5 Å². The molecule has 10 heteroatoms. The Hall–Kier alpha value is -3.94. The van der Waals surface area contributed by atoms with E-state index in [4.69, 9.17) is 6.42 Å². The van der Waals surface area contributed by atoms with Crippen molar-refractivity contribution in [2.24, 2.45) is 0 Å². The molecule has 0 radical (unpaired) electrons. The van der Waals surface area contributed by atoms with Crippen LogP contribution in [-0.4, -0.2) is 61.1 Å². The first-order valence-corrected chi connectivity index (χ1v) is 12.3. The number of H-pyrrole nitrogens is 1. The van der Waals surface area contributed by atoms with Gasteiger partial charge in [0.1, 0.15) is 0 Å². The molecule has 0 spiro atoms. The van der Waals surface area contributed by atoms with Gasteiger partial charge in [-0.1, -0.05) is 25.8 Å². The molecule has 0 aliphatic carbocycles. The monoisotopic (exact) mass is 494 g/mol. The number of carbonyl (C=O) groups is 2. The number of hydrogen-bond acceptors (Lipinski definition) is 5. The number of aromatic amines is 1. The lowest BCUT2D eigenvalue weighted by Gasteiger charge is -2.20. The molecule has 0 bridgehead atoms. The first-order chi connectivity index (χ1) is 16.6. The molecule has 0 saturated carbocycles. The van der Waals surface area contributed by atoms with Crippen molar-refractivity contribution in [2.45, 2.75) is 18.7 Å². The molecule has 0 aliphatic heterocycles. The van der Waals surface area contributed by atoms with Gasteiger partial charge in [0.2, 0.25) is 21.5 Å². The molecule has 0 fully saturated rings. The van der Waals surface area contributed by atoms with Crippen molar-refractivity contribution < 1.29 is 18.0 Å². The van der Waals surface area contributed by atoms with Crippen LogP contribution in [0.1, 0.15) is 29.8 Å². The highest BCUT2D eigenvalue weighted by molar-refractivity contribution is 7.89. The van der Waals surface area contributed by atoms with Crippen LogP contribution < -0.4 is 10.9 Å². The molecule has 2 N–H and O–H groups in total. The number of aromatic nitrogens is 1. The first-order valence-electron chi connectivity index (χ1n) is 10.9. The molecule has 0 unspecified atom stereocenters. The zero-order valence-electron chi connectivity index (χ0n) is 19.7. The van der Waals surface area contributed by atoms with E-state index < -0.39 is 27.4 Å². The number of carbonyl (C=O) groups excluding carboxylic acids is 2. The Morgan fingerprint density at radius 1 is 1.09 bits per heavy atom. The number of hydrogen-bond donors (Lipinski definition) is 2. The number of rotatable bonds is 8. The highest BCUT2D eigenvalue weighted by Crippen LogP contribution is 2.23. The summed E-state index contributed by atoms with van der Waals surface area (Å²) in [5, 5.41) is 2.94. The topological polar surface area (TPSA) is 120 Å². The van der Waals surface area contributed by atoms with Gasteiger partial charge in [-0.3, -0.25) is 14.4 Å². The maximum absolute atomic E-state index is 13.2. The second-order valence-electron chi connectivity index (χ2n) is 7.78. The van der Waals surface area contributed by atoms with Gasteiger partial charge in [0.15, 0.2) is 0 Å². The number of anilines is 1. The van der Waals surface area contributed by atoms with Crippen molar-refractivity contribution >= 4 is 38.4 Å². The highest BCUT2D eigenvalue weighted by Gasteiger charge is 2.24. The van der Waals surface area contributed by atoms with E-state index in [1.807, 2.05) is 0 Å². The first kappa shape index (κ1) is 25.7. The summed E-state index contributed by atoms with van der Waals surface area (Å²) >= 11 is 0. The van der Waals surface area contributed by atoms with Crippen molar-refractivity contribution in [3.63, 3.8) is 0 Å². The van der Waals surface area contributed by atoms with Crippen molar-refractivity contribution in [1.82, 2.24) is 14.2 Å². The second kappa shape index (κ2) is 10.5. The average Bonchev–Trinajstić information content (AvgIpc) is 2.83. The van der Waals surface area contributed by atoms with Crippen molar-refractivity contribution in [1.29, 1.82) is 0 Å². The number of likely N-dealkylation sites (N-methyl/N-ethyl adjacent to an activating group) is 1. The quantitative estimate of drug-likeness (QED) is 0.466. The molecule has 1 heterocycles. The number of benzene rings is 2. The van der Waals surface area contributed by atoms with Crippen molar-refractivity contribution in [2.75, 3.05) is 32.0 Å². The van der Waals surface area contributed by atoms with Gasteiger partial charge in [-0.2, -0.15) is 4.31 Å². The number of fused-ring (bicyclic) bond motifs is 1. The van der Waals surface area contributed by atoms with Gasteiger partial charge in [0, 0.05) is 48.4 Å². The predicted molar refractivity (Wildman–Crippen MR) is 135 cm³/mol. The summed E-state index contributed by atoms with van der Waals surface area (Å²) in [7, 11) is -2.37. The van der Waals surface area contributed by atoms with E-state index in [1.165, 1.54) is 29.6 Å². The van der Waals surface area contributed by atoms with E-state index in [1.54, 1.807) is 38.1 Å². The third kappa shape index (κ3) is 5.59. The maximum atomic E-state index is 13.2. The Kier molecular flexibility index (Phi) is 7.74. The Morgan fingerprint density at radius 3 is 2.46 bits per heavy atom. The molecule has 3 aromatic rings. The van der Waals surface area contributed by atoms with Crippen molar-refractivity contribution in [3.8, 4) is 12.3 Å². The third-order valence-corrected chi connectivity index (χ3v) is 7.47. The van der Waals surface area contributed by atoms with Gasteiger partial charge < -0.3 is 15.2 Å². The molecule has 2 aromatic carbocycles. The molecule has 0 aliphatic rings. The minimum Gasteiger partial charge on any atom is -0.332 e. The lowest BCUT2D eigenvalue weighted by molar-refractivity contribution is -0.116. The molecule has 3 rings (SSSR count). The number of nitrogens with one attached hydrogen (secondary N) is 2. The molecule has 0 atom stereocenters. The van der Waals surface area contributed by atoms with E-state index in [0.29, 0.717) is 16.8 Å². The number of pyridine rings is 1. The third-order valence-electron chi connectivity index (χ3n) is 5.43. The van der Waals surface area contributed by atoms with E-state index in [2.05, 4.69) is 16.2 Å². The minimum atomic E-state index is -3.79. The van der Waals surface area contributed by atoms with Crippen LogP contribution in [-0.2, 0) is 14.8 Å². The van der Waals surface area contributed by atoms with Crippen LogP contribution in [0.4, 0.5) is 5.69 Å². The van der Waals surface area contributed by atoms with Crippen LogP contribution >= 0.6 is 0 Å². The van der Waals surface area contributed by atoms with Crippen LogP contribution in [0, 0.1) is 12.3 Å². The summed E-state index contributed by atoms with van der Waals surface area (Å²) in [5.41, 5.74) is 0.856. The SMILES string of the molecule is C#Cc1cccc(NC(=O)CN(C)C(=O)c2cc(=O)[nH]c3ccc(S(=O)(=O)N(CC)CC)cc23)c1. The Morgan fingerprint density at radius 2 is 1.80 bits per heavy atom. The van der Waals surface area contributed by atoms with Crippen LogP contribution in [0.2, 0.25) is 0 Å². The van der Waals surface area contributed by atoms with Crippen molar-refractivity contribution in [3.05, 3.63) is 70.0 Å². The molecular weight excluding hydrogens is 468 g/mol. The van der Waals surface area contributed by atoms with Gasteiger partial charge in [-0.05, 0) is 36.4 Å². The lowest BCUT2D eigenvalue weighted by atomic mass is 10.1. The van der Waals surface area contributed by atoms with Crippen LogP contribution in [0.5, 0.6) is 0 Å². The molecule has 2 amide bonds. The van der Waals surface area contributed by atoms with Gasteiger partial charge in [-0.15, -0.1) is 6.42 Å². The summed E-state index contributed by atoms with van der Waals surface area (Å²) in [6.07, 6.45) is 5.38. The summed E-state index contributed by atoms with van der Waals surface area (Å²) in [4.78, 5) is 41.7. The molecule has 35 heavy (non-hydrogen) atoms. The lowest BCUT2D eigenvalue weighted by Crippen LogP contribution is -2.35. The second-order valence-corrected chi connectivity index (χ2v) is 9.72. The fraction of sp³-hybridized carbons (Fsp3) is 0.240. The number of nitrogens with zero attached hydrogens (tertiary/aromatic N) is 2. The normalized spacial score (nSPS) is 11.3. The standard InChI is InChI=1S/C25H26N4O5S/c1-5-17-9-8-10-18(13-17)26-24(31)16-28(4)25(32)21-15-23(30)27-22-12-11-19(14-20(21)22)35(33,34)29(6-2)7-3/h1,8-15H,6-7,16H2,2-4H3,(H,26,31)(H,27,30). The largest absolute Gasteiger partial charge is 0.332 e. The van der Waals surface area contributed by atoms with Crippen LogP contribution in [0.3, 0.4) is 0 Å². The van der Waals surface area contributed by atoms with E-state index in [0.717, 1.165) is 11.0 Å². The summed E-state index contributed by atoms with van der Waals surface area (Å²) < 4.78 is 27.3. The zero-order chi connectivity index (χ0) is 25.8. The van der Waals surface area contributed by atoms with Crippen LogP contribution in [0.15, 0.2) is 58.2 Å². The Bertz CT molecular complexity index is 1480. The molecule has 1 aromatic heterocycles. The van der Waals surface area contributed by atoms with Gasteiger partial charge >= 0.3 is 0 Å². The Labute approximate surface area is 203 Å². The fourth-order valence-corrected chi connectivity index (χ4v) is 5.15. The molecular formula is C25H26N4O5S. The molecule has 182 valence electrons. The number of sulfonamides is 1. The predicted octanol–water partition coefficient (Wildman–Crippen LogP) is 2.25. The smallest absolute Gasteiger partial charge is 0.254 e. The van der Waals surface area contributed by atoms with Crippen LogP contribution in [0.25, 0.3) is 10.9 Å². The average molecular weight is 495 g/mol.